The highest BCUT2D eigenvalue weighted by atomic mass is 16.4. The summed E-state index contributed by atoms with van der Waals surface area (Å²) in [7, 11) is 0. The van der Waals surface area contributed by atoms with E-state index in [-0.39, 0.29) is 12.5 Å². The number of rotatable bonds is 10. The first-order valence-corrected chi connectivity index (χ1v) is 10.7. The van der Waals surface area contributed by atoms with Crippen molar-refractivity contribution >= 4 is 29.7 Å². The summed E-state index contributed by atoms with van der Waals surface area (Å²) in [6.45, 7) is 4.53. The van der Waals surface area contributed by atoms with Crippen LogP contribution in [0, 0.1) is 5.92 Å². The molecule has 0 aromatic carbocycles. The molecular weight excluding hydrogens is 408 g/mol. The summed E-state index contributed by atoms with van der Waals surface area (Å²) in [5.74, 6) is -4.43. The largest absolute Gasteiger partial charge is 0.481 e. The molecule has 11 heteroatoms. The molecule has 2 aliphatic rings. The van der Waals surface area contributed by atoms with Crippen LogP contribution in [0.25, 0.3) is 0 Å². The zero-order valence-corrected chi connectivity index (χ0v) is 17.9. The molecule has 2 rings (SSSR count). The van der Waals surface area contributed by atoms with E-state index in [1.165, 1.54) is 4.90 Å². The van der Waals surface area contributed by atoms with Crippen molar-refractivity contribution in [2.24, 2.45) is 5.92 Å². The Labute approximate surface area is 180 Å². The van der Waals surface area contributed by atoms with E-state index in [1.54, 1.807) is 6.92 Å². The first-order chi connectivity index (χ1) is 14.6. The number of hydrogen-bond acceptors (Lipinski definition) is 6. The fourth-order valence-electron chi connectivity index (χ4n) is 3.97. The molecule has 2 aliphatic heterocycles. The molecule has 0 aliphatic carbocycles. The SMILES string of the molecule is CCC(C)C(NC(=O)C(CC(=O)O)NC(=O)C1CCCN1)C(=O)N1CCCC1C(=O)O. The van der Waals surface area contributed by atoms with Gasteiger partial charge in [-0.15, -0.1) is 0 Å². The number of carbonyl (C=O) groups excluding carboxylic acids is 3. The molecule has 2 saturated heterocycles. The minimum absolute atomic E-state index is 0.279. The third kappa shape index (κ3) is 6.39. The first-order valence-electron chi connectivity index (χ1n) is 10.7. The molecule has 174 valence electrons. The van der Waals surface area contributed by atoms with Crippen LogP contribution in [0.5, 0.6) is 0 Å². The van der Waals surface area contributed by atoms with Crippen LogP contribution in [0.3, 0.4) is 0 Å². The number of carboxylic acids is 2. The fourth-order valence-corrected chi connectivity index (χ4v) is 3.97. The van der Waals surface area contributed by atoms with Crippen molar-refractivity contribution < 1.29 is 34.2 Å². The number of aliphatic carboxylic acids is 2. The summed E-state index contributed by atoms with van der Waals surface area (Å²) in [5.41, 5.74) is 0. The van der Waals surface area contributed by atoms with Crippen LogP contribution < -0.4 is 16.0 Å². The molecule has 5 N–H and O–H groups in total. The van der Waals surface area contributed by atoms with E-state index in [1.807, 2.05) is 6.92 Å². The molecule has 0 bridgehead atoms. The average Bonchev–Trinajstić information content (AvgIpc) is 3.41. The number of amides is 3. The van der Waals surface area contributed by atoms with E-state index in [2.05, 4.69) is 16.0 Å². The topological polar surface area (TPSA) is 165 Å². The number of hydrogen-bond donors (Lipinski definition) is 5. The Bertz CT molecular complexity index is 708. The highest BCUT2D eigenvalue weighted by Crippen LogP contribution is 2.21. The van der Waals surface area contributed by atoms with Crippen LogP contribution in [-0.4, -0.2) is 82.0 Å². The van der Waals surface area contributed by atoms with Gasteiger partial charge in [-0.05, 0) is 38.1 Å². The Morgan fingerprint density at radius 2 is 1.81 bits per heavy atom. The Morgan fingerprint density at radius 3 is 2.35 bits per heavy atom. The lowest BCUT2D eigenvalue weighted by molar-refractivity contribution is -0.150. The zero-order valence-electron chi connectivity index (χ0n) is 17.9. The van der Waals surface area contributed by atoms with Crippen LogP contribution in [-0.2, 0) is 24.0 Å². The smallest absolute Gasteiger partial charge is 0.326 e. The molecule has 0 aromatic rings. The second kappa shape index (κ2) is 11.1. The minimum Gasteiger partial charge on any atom is -0.481 e. The summed E-state index contributed by atoms with van der Waals surface area (Å²) in [6, 6.07) is -3.80. The third-order valence-corrected chi connectivity index (χ3v) is 5.99. The number of likely N-dealkylation sites (tertiary alicyclic amines) is 1. The lowest BCUT2D eigenvalue weighted by atomic mass is 9.96. The quantitative estimate of drug-likeness (QED) is 0.298. The number of nitrogens with one attached hydrogen (secondary N) is 3. The van der Waals surface area contributed by atoms with E-state index in [0.29, 0.717) is 32.2 Å². The number of carboxylic acid groups (broad SMARTS) is 2. The van der Waals surface area contributed by atoms with Crippen LogP contribution in [0.15, 0.2) is 0 Å². The summed E-state index contributed by atoms with van der Waals surface area (Å²) in [5, 5.41) is 26.6. The maximum absolute atomic E-state index is 13.1. The molecule has 31 heavy (non-hydrogen) atoms. The maximum Gasteiger partial charge on any atom is 0.326 e. The molecule has 11 nitrogen and oxygen atoms in total. The molecule has 5 unspecified atom stereocenters. The summed E-state index contributed by atoms with van der Waals surface area (Å²) < 4.78 is 0. The lowest BCUT2D eigenvalue weighted by Crippen LogP contribution is -2.59. The molecule has 2 heterocycles. The van der Waals surface area contributed by atoms with Gasteiger partial charge in [0, 0.05) is 6.54 Å². The molecule has 0 aromatic heterocycles. The summed E-state index contributed by atoms with van der Waals surface area (Å²) >= 11 is 0. The van der Waals surface area contributed by atoms with Crippen molar-refractivity contribution in [2.75, 3.05) is 13.1 Å². The Balaban J connectivity index is 2.15. The molecule has 2 fully saturated rings. The van der Waals surface area contributed by atoms with Gasteiger partial charge in [0.05, 0.1) is 12.5 Å². The number of nitrogens with zero attached hydrogens (tertiary/aromatic N) is 1. The van der Waals surface area contributed by atoms with Crippen LogP contribution in [0.4, 0.5) is 0 Å². The Morgan fingerprint density at radius 1 is 1.10 bits per heavy atom. The summed E-state index contributed by atoms with van der Waals surface area (Å²) in [4.78, 5) is 62.4. The third-order valence-electron chi connectivity index (χ3n) is 5.99. The highest BCUT2D eigenvalue weighted by molar-refractivity contribution is 5.96. The second-order valence-electron chi connectivity index (χ2n) is 8.21. The predicted octanol–water partition coefficient (Wildman–Crippen LogP) is -0.696. The molecule has 3 amide bonds. The standard InChI is InChI=1S/C20H32N4O7/c1-3-11(2)16(19(29)24-9-5-7-14(24)20(30)31)23-18(28)13(10-15(25)26)22-17(27)12-6-4-8-21-12/h11-14,16,21H,3-10H2,1-2H3,(H,22,27)(H,23,28)(H,25,26)(H,30,31). The number of carbonyl (C=O) groups is 5. The van der Waals surface area contributed by atoms with Gasteiger partial charge in [0.1, 0.15) is 18.1 Å². The van der Waals surface area contributed by atoms with Gasteiger partial charge in [0.15, 0.2) is 0 Å². The second-order valence-corrected chi connectivity index (χ2v) is 8.21. The van der Waals surface area contributed by atoms with Crippen molar-refractivity contribution in [3.05, 3.63) is 0 Å². The molecule has 0 saturated carbocycles. The van der Waals surface area contributed by atoms with E-state index < -0.39 is 60.2 Å². The zero-order chi connectivity index (χ0) is 23.1. The average molecular weight is 440 g/mol. The molecule has 0 radical (unpaired) electrons. The van der Waals surface area contributed by atoms with Gasteiger partial charge in [-0.2, -0.15) is 0 Å². The van der Waals surface area contributed by atoms with E-state index >= 15 is 0 Å². The predicted molar refractivity (Wildman–Crippen MR) is 109 cm³/mol. The normalized spacial score (nSPS) is 23.6. The van der Waals surface area contributed by atoms with Gasteiger partial charge in [0.2, 0.25) is 17.7 Å². The van der Waals surface area contributed by atoms with Crippen molar-refractivity contribution in [2.45, 2.75) is 76.5 Å². The van der Waals surface area contributed by atoms with Crippen molar-refractivity contribution in [3.8, 4) is 0 Å². The fraction of sp³-hybridized carbons (Fsp3) is 0.750. The van der Waals surface area contributed by atoms with Crippen molar-refractivity contribution in [1.82, 2.24) is 20.9 Å². The van der Waals surface area contributed by atoms with E-state index in [4.69, 9.17) is 0 Å². The van der Waals surface area contributed by atoms with Crippen molar-refractivity contribution in [1.29, 1.82) is 0 Å². The monoisotopic (exact) mass is 440 g/mol. The van der Waals surface area contributed by atoms with Gasteiger partial charge in [-0.1, -0.05) is 20.3 Å². The summed E-state index contributed by atoms with van der Waals surface area (Å²) in [6.07, 6.45) is 2.19. The van der Waals surface area contributed by atoms with Crippen molar-refractivity contribution in [3.63, 3.8) is 0 Å². The van der Waals surface area contributed by atoms with E-state index in [0.717, 1.165) is 6.42 Å². The van der Waals surface area contributed by atoms with Crippen LogP contribution >= 0.6 is 0 Å². The maximum atomic E-state index is 13.1. The van der Waals surface area contributed by atoms with E-state index in [9.17, 15) is 34.2 Å². The van der Waals surface area contributed by atoms with Crippen LogP contribution in [0.1, 0.15) is 52.4 Å². The highest BCUT2D eigenvalue weighted by Gasteiger charge is 2.40. The lowest BCUT2D eigenvalue weighted by Gasteiger charge is -2.31. The Kier molecular flexibility index (Phi) is 8.78. The van der Waals surface area contributed by atoms with Gasteiger partial charge in [-0.25, -0.2) is 4.79 Å². The molecule has 0 spiro atoms. The van der Waals surface area contributed by atoms with Gasteiger partial charge >= 0.3 is 11.9 Å². The van der Waals surface area contributed by atoms with Crippen LogP contribution in [0.2, 0.25) is 0 Å². The van der Waals surface area contributed by atoms with Gasteiger partial charge in [0.25, 0.3) is 0 Å². The Hall–Kier alpha value is -2.69. The van der Waals surface area contributed by atoms with Gasteiger partial charge in [-0.3, -0.25) is 19.2 Å². The minimum atomic E-state index is -1.35. The van der Waals surface area contributed by atoms with Gasteiger partial charge < -0.3 is 31.1 Å². The first kappa shape index (κ1) is 24.6. The molecule has 5 atom stereocenters. The molecular formula is C20H32N4O7.